The molecule has 0 atom stereocenters. The summed E-state index contributed by atoms with van der Waals surface area (Å²) < 4.78 is 5.99. The topological polar surface area (TPSA) is 76.2 Å². The van der Waals surface area contributed by atoms with Crippen molar-refractivity contribution >= 4 is 29.1 Å². The molecule has 2 heterocycles. The maximum absolute atomic E-state index is 10.7. The first-order valence-corrected chi connectivity index (χ1v) is 7.50. The van der Waals surface area contributed by atoms with E-state index in [2.05, 4.69) is 10.1 Å². The van der Waals surface area contributed by atoms with Gasteiger partial charge in [0, 0.05) is 16.2 Å². The minimum Gasteiger partial charge on any atom is -0.481 e. The number of thiazole rings is 1. The number of aliphatic carboxylic acids is 1. The summed E-state index contributed by atoms with van der Waals surface area (Å²) in [6, 6.07) is 0. The molecule has 0 unspecified atom stereocenters. The first-order chi connectivity index (χ1) is 8.97. The van der Waals surface area contributed by atoms with Crippen LogP contribution in [-0.4, -0.2) is 21.2 Å². The van der Waals surface area contributed by atoms with Gasteiger partial charge < -0.3 is 9.63 Å². The highest BCUT2D eigenvalue weighted by Crippen LogP contribution is 2.31. The molecular weight excluding hydrogens is 284 g/mol. The van der Waals surface area contributed by atoms with E-state index in [0.717, 1.165) is 37.7 Å². The zero-order valence-corrected chi connectivity index (χ0v) is 12.5. The molecule has 102 valence electrons. The van der Waals surface area contributed by atoms with Crippen LogP contribution >= 0.6 is 23.1 Å². The fourth-order valence-corrected chi connectivity index (χ4v) is 3.98. The number of hydrogen-bond acceptors (Lipinski definition) is 6. The van der Waals surface area contributed by atoms with Gasteiger partial charge in [-0.25, -0.2) is 4.98 Å². The Labute approximate surface area is 119 Å². The average Bonchev–Trinajstić information content (AvgIpc) is 2.81. The fourth-order valence-electron chi connectivity index (χ4n) is 1.61. The van der Waals surface area contributed by atoms with Crippen LogP contribution < -0.4 is 0 Å². The highest BCUT2D eigenvalue weighted by atomic mass is 32.2. The highest BCUT2D eigenvalue weighted by molar-refractivity contribution is 8.00. The number of rotatable bonds is 5. The number of aromatic nitrogens is 2. The number of carbonyl (C=O) groups is 1. The SMILES string of the molecule is Cc1nc(SCc2c(C)noc2C)sc1CC(=O)O. The van der Waals surface area contributed by atoms with Gasteiger partial charge >= 0.3 is 5.97 Å². The van der Waals surface area contributed by atoms with Crippen molar-refractivity contribution in [1.29, 1.82) is 0 Å². The summed E-state index contributed by atoms with van der Waals surface area (Å²) in [7, 11) is 0. The Hall–Kier alpha value is -1.34. The predicted molar refractivity (Wildman–Crippen MR) is 73.7 cm³/mol. The first-order valence-electron chi connectivity index (χ1n) is 5.70. The summed E-state index contributed by atoms with van der Waals surface area (Å²) in [6.07, 6.45) is 0.0371. The Morgan fingerprint density at radius 3 is 2.68 bits per heavy atom. The highest BCUT2D eigenvalue weighted by Gasteiger charge is 2.14. The van der Waals surface area contributed by atoms with E-state index in [1.807, 2.05) is 20.8 Å². The van der Waals surface area contributed by atoms with Gasteiger partial charge in [-0.2, -0.15) is 0 Å². The van der Waals surface area contributed by atoms with Crippen molar-refractivity contribution in [2.45, 2.75) is 37.3 Å². The molecule has 19 heavy (non-hydrogen) atoms. The Morgan fingerprint density at radius 1 is 1.37 bits per heavy atom. The Balaban J connectivity index is 2.06. The van der Waals surface area contributed by atoms with Crippen LogP contribution in [0.15, 0.2) is 8.86 Å². The molecule has 0 spiro atoms. The predicted octanol–water partition coefficient (Wildman–Crippen LogP) is 2.98. The van der Waals surface area contributed by atoms with Crippen LogP contribution in [0, 0.1) is 20.8 Å². The molecule has 0 aliphatic rings. The molecular formula is C12H14N2O3S2. The van der Waals surface area contributed by atoms with Gasteiger partial charge in [0.1, 0.15) is 5.76 Å². The minimum atomic E-state index is -0.825. The molecule has 2 aromatic rings. The summed E-state index contributed by atoms with van der Waals surface area (Å²) in [4.78, 5) is 15.9. The van der Waals surface area contributed by atoms with Gasteiger partial charge in [-0.05, 0) is 20.8 Å². The third-order valence-electron chi connectivity index (χ3n) is 2.71. The Bertz CT molecular complexity index is 585. The van der Waals surface area contributed by atoms with Gasteiger partial charge in [0.15, 0.2) is 4.34 Å². The number of carboxylic acid groups (broad SMARTS) is 1. The van der Waals surface area contributed by atoms with Crippen molar-refractivity contribution in [3.05, 3.63) is 27.6 Å². The molecule has 2 rings (SSSR count). The molecule has 0 saturated heterocycles. The standard InChI is InChI=1S/C12H14N2O3S2/c1-6-9(8(3)17-14-6)5-18-12-13-7(2)10(19-12)4-11(15)16/h4-5H2,1-3H3,(H,15,16). The molecule has 5 nitrogen and oxygen atoms in total. The van der Waals surface area contributed by atoms with Gasteiger partial charge in [-0.15, -0.1) is 11.3 Å². The molecule has 0 aliphatic carbocycles. The number of aryl methyl sites for hydroxylation is 3. The lowest BCUT2D eigenvalue weighted by atomic mass is 10.2. The molecule has 0 amide bonds. The molecule has 0 aromatic carbocycles. The van der Waals surface area contributed by atoms with E-state index in [4.69, 9.17) is 9.63 Å². The van der Waals surface area contributed by atoms with E-state index in [9.17, 15) is 4.79 Å². The van der Waals surface area contributed by atoms with Crippen molar-refractivity contribution in [3.8, 4) is 0 Å². The zero-order valence-electron chi connectivity index (χ0n) is 10.9. The van der Waals surface area contributed by atoms with Crippen molar-refractivity contribution in [3.63, 3.8) is 0 Å². The van der Waals surface area contributed by atoms with Crippen molar-refractivity contribution < 1.29 is 14.4 Å². The van der Waals surface area contributed by atoms with Crippen LogP contribution in [0.25, 0.3) is 0 Å². The van der Waals surface area contributed by atoms with E-state index in [0.29, 0.717) is 0 Å². The molecule has 0 fully saturated rings. The molecule has 7 heteroatoms. The van der Waals surface area contributed by atoms with Crippen molar-refractivity contribution in [2.75, 3.05) is 0 Å². The van der Waals surface area contributed by atoms with Crippen LogP contribution in [0.1, 0.15) is 27.6 Å². The van der Waals surface area contributed by atoms with Gasteiger partial charge in [0.25, 0.3) is 0 Å². The smallest absolute Gasteiger partial charge is 0.308 e. The first kappa shape index (κ1) is 14.1. The number of carboxylic acids is 1. The number of nitrogens with zero attached hydrogens (tertiary/aromatic N) is 2. The monoisotopic (exact) mass is 298 g/mol. The molecule has 0 radical (unpaired) electrons. The van der Waals surface area contributed by atoms with Crippen LogP contribution in [-0.2, 0) is 17.0 Å². The second-order valence-corrected chi connectivity index (χ2v) is 6.46. The van der Waals surface area contributed by atoms with Gasteiger partial charge in [-0.3, -0.25) is 4.79 Å². The summed E-state index contributed by atoms with van der Waals surface area (Å²) in [5, 5.41) is 12.7. The van der Waals surface area contributed by atoms with E-state index in [1.165, 1.54) is 11.3 Å². The maximum Gasteiger partial charge on any atom is 0.308 e. The largest absolute Gasteiger partial charge is 0.481 e. The third kappa shape index (κ3) is 3.36. The third-order valence-corrected chi connectivity index (χ3v) is 5.03. The van der Waals surface area contributed by atoms with Crippen LogP contribution in [0.3, 0.4) is 0 Å². The minimum absolute atomic E-state index is 0.0371. The summed E-state index contributed by atoms with van der Waals surface area (Å²) in [5.74, 6) is 0.735. The normalized spacial score (nSPS) is 10.9. The summed E-state index contributed by atoms with van der Waals surface area (Å²) in [6.45, 7) is 5.64. The molecule has 0 bridgehead atoms. The van der Waals surface area contributed by atoms with Crippen LogP contribution in [0.4, 0.5) is 0 Å². The Morgan fingerprint density at radius 2 is 2.11 bits per heavy atom. The zero-order chi connectivity index (χ0) is 14.0. The van der Waals surface area contributed by atoms with Gasteiger partial charge in [0.2, 0.25) is 0 Å². The van der Waals surface area contributed by atoms with Crippen LogP contribution in [0.2, 0.25) is 0 Å². The summed E-state index contributed by atoms with van der Waals surface area (Å²) >= 11 is 3.02. The molecule has 0 aliphatic heterocycles. The molecule has 1 N–H and O–H groups in total. The Kier molecular flexibility index (Phi) is 4.26. The van der Waals surface area contributed by atoms with Gasteiger partial charge in [0.05, 0.1) is 17.8 Å². The summed E-state index contributed by atoms with van der Waals surface area (Å²) in [5.41, 5.74) is 2.77. The van der Waals surface area contributed by atoms with Crippen LogP contribution in [0.5, 0.6) is 0 Å². The number of thioether (sulfide) groups is 1. The van der Waals surface area contributed by atoms with E-state index in [1.54, 1.807) is 11.8 Å². The van der Waals surface area contributed by atoms with Gasteiger partial charge in [-0.1, -0.05) is 16.9 Å². The van der Waals surface area contributed by atoms with E-state index < -0.39 is 5.97 Å². The average molecular weight is 298 g/mol. The molecule has 2 aromatic heterocycles. The second kappa shape index (κ2) is 5.75. The second-order valence-electron chi connectivity index (χ2n) is 4.15. The fraction of sp³-hybridized carbons (Fsp3) is 0.417. The maximum atomic E-state index is 10.7. The lowest BCUT2D eigenvalue weighted by molar-refractivity contribution is -0.136. The quantitative estimate of drug-likeness (QED) is 0.855. The van der Waals surface area contributed by atoms with E-state index in [-0.39, 0.29) is 6.42 Å². The number of hydrogen-bond donors (Lipinski definition) is 1. The molecule has 0 saturated carbocycles. The lowest BCUT2D eigenvalue weighted by Gasteiger charge is -1.96. The van der Waals surface area contributed by atoms with Crippen molar-refractivity contribution in [1.82, 2.24) is 10.1 Å². The van der Waals surface area contributed by atoms with E-state index >= 15 is 0 Å². The van der Waals surface area contributed by atoms with Crippen molar-refractivity contribution in [2.24, 2.45) is 0 Å². The lowest BCUT2D eigenvalue weighted by Crippen LogP contribution is -1.99.